The molecule has 0 fully saturated rings. The Bertz CT molecular complexity index is 542. The van der Waals surface area contributed by atoms with Crippen molar-refractivity contribution < 1.29 is 9.90 Å². The second kappa shape index (κ2) is 6.35. The van der Waals surface area contributed by atoms with Crippen LogP contribution in [-0.2, 0) is 0 Å². The Morgan fingerprint density at radius 3 is 2.84 bits per heavy atom. The number of nitrogens with zero attached hydrogens (tertiary/aromatic N) is 3. The minimum Gasteiger partial charge on any atom is -0.393 e. The lowest BCUT2D eigenvalue weighted by atomic mass is 10.3. The molecule has 100 valence electrons. The number of hydrogen-bond acceptors (Lipinski definition) is 6. The number of thiazole rings is 1. The van der Waals surface area contributed by atoms with Crippen molar-refractivity contribution in [2.24, 2.45) is 0 Å². The summed E-state index contributed by atoms with van der Waals surface area (Å²) in [7, 11) is 0. The fourth-order valence-electron chi connectivity index (χ4n) is 1.37. The van der Waals surface area contributed by atoms with Crippen molar-refractivity contribution in [2.45, 2.75) is 19.4 Å². The van der Waals surface area contributed by atoms with Gasteiger partial charge in [-0.3, -0.25) is 4.79 Å². The van der Waals surface area contributed by atoms with Crippen LogP contribution in [0.15, 0.2) is 24.7 Å². The molecule has 0 saturated carbocycles. The van der Waals surface area contributed by atoms with Crippen LogP contribution in [0.25, 0.3) is 10.8 Å². The van der Waals surface area contributed by atoms with E-state index in [0.717, 1.165) is 0 Å². The van der Waals surface area contributed by atoms with E-state index in [2.05, 4.69) is 20.3 Å². The molecule has 2 aromatic rings. The number of aliphatic hydroxyl groups is 1. The number of hydrogen-bond donors (Lipinski definition) is 2. The summed E-state index contributed by atoms with van der Waals surface area (Å²) >= 11 is 1.24. The number of nitrogens with one attached hydrogen (secondary N) is 1. The highest BCUT2D eigenvalue weighted by molar-refractivity contribution is 7.16. The maximum Gasteiger partial charge on any atom is 0.263 e. The summed E-state index contributed by atoms with van der Waals surface area (Å²) in [4.78, 5) is 24.6. The molecule has 0 aromatic carbocycles. The molecule has 0 aliphatic carbocycles. The maximum atomic E-state index is 11.8. The quantitative estimate of drug-likeness (QED) is 0.855. The lowest BCUT2D eigenvalue weighted by Gasteiger charge is -2.04. The highest BCUT2D eigenvalue weighted by Gasteiger charge is 2.12. The highest BCUT2D eigenvalue weighted by Crippen LogP contribution is 2.21. The molecule has 0 aliphatic heterocycles. The predicted molar refractivity (Wildman–Crippen MR) is 71.8 cm³/mol. The number of amides is 1. The molecule has 2 rings (SSSR count). The summed E-state index contributed by atoms with van der Waals surface area (Å²) in [6.07, 6.45) is 4.88. The molecule has 0 radical (unpaired) electrons. The van der Waals surface area contributed by atoms with E-state index < -0.39 is 6.10 Å². The average molecular weight is 278 g/mol. The van der Waals surface area contributed by atoms with Gasteiger partial charge in [0.1, 0.15) is 4.88 Å². The van der Waals surface area contributed by atoms with Crippen LogP contribution in [0.2, 0.25) is 0 Å². The number of carbonyl (C=O) groups is 1. The number of rotatable bonds is 5. The molecule has 6 nitrogen and oxygen atoms in total. The van der Waals surface area contributed by atoms with E-state index in [1.165, 1.54) is 17.5 Å². The van der Waals surface area contributed by atoms with Gasteiger partial charge < -0.3 is 10.4 Å². The van der Waals surface area contributed by atoms with Crippen LogP contribution >= 0.6 is 11.3 Å². The SMILES string of the molecule is CC(O)CCNC(=O)c1cnc(-c2ncccn2)s1. The Balaban J connectivity index is 1.99. The van der Waals surface area contributed by atoms with Gasteiger partial charge in [0.2, 0.25) is 0 Å². The summed E-state index contributed by atoms with van der Waals surface area (Å²) in [6, 6.07) is 1.72. The van der Waals surface area contributed by atoms with Crippen molar-refractivity contribution in [3.05, 3.63) is 29.5 Å². The van der Waals surface area contributed by atoms with Crippen LogP contribution in [0.1, 0.15) is 23.0 Å². The van der Waals surface area contributed by atoms with Gasteiger partial charge >= 0.3 is 0 Å². The third kappa shape index (κ3) is 3.80. The molecule has 1 amide bonds. The fourth-order valence-corrected chi connectivity index (χ4v) is 2.15. The maximum absolute atomic E-state index is 11.8. The van der Waals surface area contributed by atoms with Gasteiger partial charge in [0.25, 0.3) is 5.91 Å². The van der Waals surface area contributed by atoms with Gasteiger partial charge in [-0.2, -0.15) is 0 Å². The van der Waals surface area contributed by atoms with Crippen LogP contribution in [0.3, 0.4) is 0 Å². The molecular weight excluding hydrogens is 264 g/mol. The first-order valence-corrected chi connectivity index (χ1v) is 6.68. The third-order valence-corrected chi connectivity index (χ3v) is 3.33. The lowest BCUT2D eigenvalue weighted by molar-refractivity contribution is 0.0949. The Hall–Kier alpha value is -1.86. The Kier molecular flexibility index (Phi) is 4.53. The molecule has 0 spiro atoms. The van der Waals surface area contributed by atoms with Crippen molar-refractivity contribution in [1.29, 1.82) is 0 Å². The Morgan fingerprint density at radius 1 is 1.42 bits per heavy atom. The molecule has 7 heteroatoms. The molecule has 2 N–H and O–H groups in total. The molecule has 19 heavy (non-hydrogen) atoms. The zero-order valence-corrected chi connectivity index (χ0v) is 11.2. The second-order valence-electron chi connectivity index (χ2n) is 4.00. The van der Waals surface area contributed by atoms with E-state index >= 15 is 0 Å². The van der Waals surface area contributed by atoms with Crippen molar-refractivity contribution >= 4 is 17.2 Å². The molecular formula is C12H14N4O2S. The lowest BCUT2D eigenvalue weighted by Crippen LogP contribution is -2.25. The highest BCUT2D eigenvalue weighted by atomic mass is 32.1. The molecule has 0 bridgehead atoms. The summed E-state index contributed by atoms with van der Waals surface area (Å²) in [5.41, 5.74) is 0. The van der Waals surface area contributed by atoms with Gasteiger partial charge in [-0.25, -0.2) is 15.0 Å². The topological polar surface area (TPSA) is 88.0 Å². The average Bonchev–Trinajstić information content (AvgIpc) is 2.89. The van der Waals surface area contributed by atoms with E-state index in [9.17, 15) is 4.79 Å². The minimum absolute atomic E-state index is 0.194. The predicted octanol–water partition coefficient (Wildman–Crippen LogP) is 1.10. The van der Waals surface area contributed by atoms with E-state index in [1.807, 2.05) is 0 Å². The monoisotopic (exact) mass is 278 g/mol. The van der Waals surface area contributed by atoms with Crippen molar-refractivity contribution in [1.82, 2.24) is 20.3 Å². The molecule has 1 unspecified atom stereocenters. The Labute approximate surface area is 114 Å². The van der Waals surface area contributed by atoms with Gasteiger partial charge in [-0.1, -0.05) is 0 Å². The smallest absolute Gasteiger partial charge is 0.263 e. The van der Waals surface area contributed by atoms with Crippen LogP contribution in [-0.4, -0.2) is 38.6 Å². The van der Waals surface area contributed by atoms with Crippen molar-refractivity contribution in [2.75, 3.05) is 6.54 Å². The van der Waals surface area contributed by atoms with Crippen molar-refractivity contribution in [3.8, 4) is 10.8 Å². The number of aromatic nitrogens is 3. The first-order chi connectivity index (χ1) is 9.16. The van der Waals surface area contributed by atoms with Crippen molar-refractivity contribution in [3.63, 3.8) is 0 Å². The van der Waals surface area contributed by atoms with Crippen LogP contribution in [0, 0.1) is 0 Å². The largest absolute Gasteiger partial charge is 0.393 e. The minimum atomic E-state index is -0.421. The molecule has 1 atom stereocenters. The molecule has 0 aliphatic rings. The van der Waals surface area contributed by atoms with E-state index in [1.54, 1.807) is 25.4 Å². The van der Waals surface area contributed by atoms with E-state index in [-0.39, 0.29) is 5.91 Å². The normalized spacial score (nSPS) is 12.1. The van der Waals surface area contributed by atoms with Crippen LogP contribution in [0.4, 0.5) is 0 Å². The van der Waals surface area contributed by atoms with Gasteiger partial charge in [0.05, 0.1) is 12.3 Å². The summed E-state index contributed by atoms with van der Waals surface area (Å²) < 4.78 is 0. The summed E-state index contributed by atoms with van der Waals surface area (Å²) in [5.74, 6) is 0.316. The van der Waals surface area contributed by atoms with E-state index in [0.29, 0.717) is 28.7 Å². The summed E-state index contributed by atoms with van der Waals surface area (Å²) in [6.45, 7) is 2.12. The zero-order chi connectivity index (χ0) is 13.7. The standard InChI is InChI=1S/C12H14N4O2S/c1-8(17)3-6-15-11(18)9-7-16-12(19-9)10-13-4-2-5-14-10/h2,4-5,7-8,17H,3,6H2,1H3,(H,15,18). The summed E-state index contributed by atoms with van der Waals surface area (Å²) in [5, 5.41) is 12.4. The number of carbonyl (C=O) groups excluding carboxylic acids is 1. The second-order valence-corrected chi connectivity index (χ2v) is 5.03. The Morgan fingerprint density at radius 2 is 2.16 bits per heavy atom. The molecule has 2 heterocycles. The van der Waals surface area contributed by atoms with Gasteiger partial charge in [0.15, 0.2) is 10.8 Å². The van der Waals surface area contributed by atoms with E-state index in [4.69, 9.17) is 5.11 Å². The van der Waals surface area contributed by atoms with Gasteiger partial charge in [-0.15, -0.1) is 11.3 Å². The molecule has 0 saturated heterocycles. The van der Waals surface area contributed by atoms with Gasteiger partial charge in [0, 0.05) is 18.9 Å². The fraction of sp³-hybridized carbons (Fsp3) is 0.333. The van der Waals surface area contributed by atoms with Gasteiger partial charge in [-0.05, 0) is 19.4 Å². The molecule has 2 aromatic heterocycles. The first-order valence-electron chi connectivity index (χ1n) is 5.86. The zero-order valence-electron chi connectivity index (χ0n) is 10.4. The van der Waals surface area contributed by atoms with Crippen LogP contribution < -0.4 is 5.32 Å². The van der Waals surface area contributed by atoms with Crippen LogP contribution in [0.5, 0.6) is 0 Å². The number of aliphatic hydroxyl groups excluding tert-OH is 1. The third-order valence-electron chi connectivity index (χ3n) is 2.33. The first kappa shape index (κ1) is 13.6.